The first-order chi connectivity index (χ1) is 9.66. The predicted molar refractivity (Wildman–Crippen MR) is 96.0 cm³/mol. The van der Waals surface area contributed by atoms with Crippen LogP contribution in [0, 0.1) is 3.57 Å². The average molecular weight is 460 g/mol. The highest BCUT2D eigenvalue weighted by molar-refractivity contribution is 14.1. The van der Waals surface area contributed by atoms with Crippen LogP contribution in [-0.4, -0.2) is 11.7 Å². The van der Waals surface area contributed by atoms with Crippen LogP contribution in [0.25, 0.3) is 0 Å². The molecule has 1 saturated heterocycles. The van der Waals surface area contributed by atoms with Gasteiger partial charge in [-0.1, -0.05) is 34.1 Å². The van der Waals surface area contributed by atoms with Crippen LogP contribution in [0.3, 0.4) is 0 Å². The molecule has 1 aliphatic rings. The minimum atomic E-state index is 0.0399. The maximum Gasteiger partial charge on any atom is 0.238 e. The summed E-state index contributed by atoms with van der Waals surface area (Å²) in [6.45, 7) is 0. The van der Waals surface area contributed by atoms with E-state index in [0.717, 1.165) is 15.7 Å². The molecule has 1 amide bonds. The third kappa shape index (κ3) is 2.76. The molecule has 1 fully saturated rings. The van der Waals surface area contributed by atoms with Gasteiger partial charge in [-0.3, -0.25) is 9.69 Å². The second-order valence-electron chi connectivity index (χ2n) is 4.43. The van der Waals surface area contributed by atoms with Gasteiger partial charge in [-0.05, 0) is 58.5 Å². The molecule has 5 heteroatoms. The van der Waals surface area contributed by atoms with E-state index in [0.29, 0.717) is 5.75 Å². The lowest BCUT2D eigenvalue weighted by atomic mass is 10.2. The largest absolute Gasteiger partial charge is 0.295 e. The summed E-state index contributed by atoms with van der Waals surface area (Å²) in [7, 11) is 0. The Morgan fingerprint density at radius 1 is 1.15 bits per heavy atom. The molecular formula is C15H11BrINOS. The number of carbonyl (C=O) groups is 1. The van der Waals surface area contributed by atoms with Crippen LogP contribution in [0.1, 0.15) is 10.9 Å². The monoisotopic (exact) mass is 459 g/mol. The van der Waals surface area contributed by atoms with Crippen LogP contribution in [0.5, 0.6) is 0 Å². The quantitative estimate of drug-likeness (QED) is 0.599. The number of nitrogens with zero attached hydrogens (tertiary/aromatic N) is 1. The Kier molecular flexibility index (Phi) is 4.37. The molecule has 0 spiro atoms. The number of carbonyl (C=O) groups excluding carboxylic acids is 1. The van der Waals surface area contributed by atoms with E-state index in [4.69, 9.17) is 0 Å². The highest BCUT2D eigenvalue weighted by Gasteiger charge is 2.34. The molecule has 1 atom stereocenters. The van der Waals surface area contributed by atoms with E-state index in [1.807, 2.05) is 47.4 Å². The molecule has 2 aromatic carbocycles. The number of halogens is 2. The molecule has 102 valence electrons. The average Bonchev–Trinajstić information content (AvgIpc) is 2.82. The predicted octanol–water partition coefficient (Wildman–Crippen LogP) is 4.83. The van der Waals surface area contributed by atoms with E-state index in [1.165, 1.54) is 3.57 Å². The number of amides is 1. The van der Waals surface area contributed by atoms with Gasteiger partial charge in [-0.2, -0.15) is 0 Å². The highest BCUT2D eigenvalue weighted by Crippen LogP contribution is 2.43. The molecule has 3 rings (SSSR count). The van der Waals surface area contributed by atoms with Crippen molar-refractivity contribution in [3.63, 3.8) is 0 Å². The third-order valence-corrected chi connectivity index (χ3v) is 5.78. The fourth-order valence-corrected chi connectivity index (χ4v) is 4.44. The maximum atomic E-state index is 12.2. The van der Waals surface area contributed by atoms with Crippen molar-refractivity contribution in [2.24, 2.45) is 0 Å². The van der Waals surface area contributed by atoms with E-state index >= 15 is 0 Å². The maximum absolute atomic E-state index is 12.2. The number of hydrogen-bond acceptors (Lipinski definition) is 2. The first-order valence-electron chi connectivity index (χ1n) is 6.10. The Balaban J connectivity index is 2.01. The molecule has 1 heterocycles. The zero-order chi connectivity index (χ0) is 14.1. The van der Waals surface area contributed by atoms with Crippen LogP contribution < -0.4 is 4.90 Å². The SMILES string of the molecule is O=C1CS[C@@H](c2ccccc2Br)N1c1ccc(I)cc1. The number of thioether (sulfide) groups is 1. The summed E-state index contributed by atoms with van der Waals surface area (Å²) in [5, 5.41) is 0.0399. The van der Waals surface area contributed by atoms with Gasteiger partial charge in [0, 0.05) is 13.7 Å². The van der Waals surface area contributed by atoms with Crippen LogP contribution in [0.2, 0.25) is 0 Å². The Labute approximate surface area is 144 Å². The van der Waals surface area contributed by atoms with Gasteiger partial charge in [-0.15, -0.1) is 11.8 Å². The van der Waals surface area contributed by atoms with Gasteiger partial charge < -0.3 is 0 Å². The van der Waals surface area contributed by atoms with E-state index in [-0.39, 0.29) is 11.3 Å². The number of benzene rings is 2. The van der Waals surface area contributed by atoms with E-state index < -0.39 is 0 Å². The van der Waals surface area contributed by atoms with Gasteiger partial charge in [0.15, 0.2) is 0 Å². The summed E-state index contributed by atoms with van der Waals surface area (Å²) in [5.41, 5.74) is 2.10. The summed E-state index contributed by atoms with van der Waals surface area (Å²) >= 11 is 7.53. The molecule has 0 N–H and O–H groups in total. The molecule has 0 saturated carbocycles. The molecule has 0 unspecified atom stereocenters. The van der Waals surface area contributed by atoms with Gasteiger partial charge in [0.05, 0.1) is 5.75 Å². The van der Waals surface area contributed by atoms with Crippen molar-refractivity contribution in [2.45, 2.75) is 5.37 Å². The van der Waals surface area contributed by atoms with Crippen molar-refractivity contribution >= 4 is 61.9 Å². The molecule has 0 bridgehead atoms. The molecular weight excluding hydrogens is 449 g/mol. The fraction of sp³-hybridized carbons (Fsp3) is 0.133. The summed E-state index contributed by atoms with van der Waals surface area (Å²) in [5.74, 6) is 0.690. The molecule has 0 radical (unpaired) electrons. The van der Waals surface area contributed by atoms with Crippen molar-refractivity contribution in [2.75, 3.05) is 10.7 Å². The lowest BCUT2D eigenvalue weighted by Gasteiger charge is -2.25. The summed E-state index contributed by atoms with van der Waals surface area (Å²) in [6.07, 6.45) is 0. The van der Waals surface area contributed by atoms with Crippen LogP contribution >= 0.6 is 50.3 Å². The molecule has 0 aliphatic carbocycles. The van der Waals surface area contributed by atoms with Crippen molar-refractivity contribution in [3.8, 4) is 0 Å². The van der Waals surface area contributed by atoms with Gasteiger partial charge >= 0.3 is 0 Å². The van der Waals surface area contributed by atoms with Gasteiger partial charge in [0.1, 0.15) is 5.37 Å². The zero-order valence-corrected chi connectivity index (χ0v) is 15.0. The summed E-state index contributed by atoms with van der Waals surface area (Å²) in [6, 6.07) is 16.2. The Morgan fingerprint density at radius 2 is 1.85 bits per heavy atom. The highest BCUT2D eigenvalue weighted by atomic mass is 127. The Hall–Kier alpha value is -0.530. The molecule has 1 aliphatic heterocycles. The second-order valence-corrected chi connectivity index (χ2v) is 7.59. The fourth-order valence-electron chi connectivity index (χ4n) is 2.21. The minimum absolute atomic E-state index is 0.0399. The van der Waals surface area contributed by atoms with E-state index in [9.17, 15) is 4.79 Å². The van der Waals surface area contributed by atoms with Crippen LogP contribution in [0.15, 0.2) is 53.0 Å². The molecule has 0 aromatic heterocycles. The zero-order valence-electron chi connectivity index (χ0n) is 10.4. The number of anilines is 1. The number of hydrogen-bond donors (Lipinski definition) is 0. The van der Waals surface area contributed by atoms with Gasteiger partial charge in [0.2, 0.25) is 5.91 Å². The van der Waals surface area contributed by atoms with Gasteiger partial charge in [-0.25, -0.2) is 0 Å². The van der Waals surface area contributed by atoms with Crippen LogP contribution in [-0.2, 0) is 4.79 Å². The lowest BCUT2D eigenvalue weighted by molar-refractivity contribution is -0.115. The first-order valence-corrected chi connectivity index (χ1v) is 9.02. The van der Waals surface area contributed by atoms with E-state index in [1.54, 1.807) is 11.8 Å². The Morgan fingerprint density at radius 3 is 2.55 bits per heavy atom. The number of rotatable bonds is 2. The summed E-state index contributed by atoms with van der Waals surface area (Å²) < 4.78 is 2.21. The third-order valence-electron chi connectivity index (χ3n) is 3.14. The van der Waals surface area contributed by atoms with Crippen LogP contribution in [0.4, 0.5) is 5.69 Å². The van der Waals surface area contributed by atoms with E-state index in [2.05, 4.69) is 44.6 Å². The van der Waals surface area contributed by atoms with Gasteiger partial charge in [0.25, 0.3) is 0 Å². The molecule has 2 nitrogen and oxygen atoms in total. The standard InChI is InChI=1S/C15H11BrINOS/c16-13-4-2-1-3-12(13)15-18(14(19)9-20-15)11-7-5-10(17)6-8-11/h1-8,15H,9H2/t15-/m0/s1. The normalized spacial score (nSPS) is 18.6. The first kappa shape index (κ1) is 14.4. The minimum Gasteiger partial charge on any atom is -0.295 e. The molecule has 20 heavy (non-hydrogen) atoms. The van der Waals surface area contributed by atoms with Crippen molar-refractivity contribution in [3.05, 3.63) is 62.1 Å². The lowest BCUT2D eigenvalue weighted by Crippen LogP contribution is -2.27. The molecule has 2 aromatic rings. The van der Waals surface area contributed by atoms with Crippen molar-refractivity contribution in [1.82, 2.24) is 0 Å². The topological polar surface area (TPSA) is 20.3 Å². The Bertz CT molecular complexity index is 647. The smallest absolute Gasteiger partial charge is 0.238 e. The van der Waals surface area contributed by atoms with Crippen molar-refractivity contribution in [1.29, 1.82) is 0 Å². The summed E-state index contributed by atoms with van der Waals surface area (Å²) in [4.78, 5) is 14.1. The van der Waals surface area contributed by atoms with Crippen molar-refractivity contribution < 1.29 is 4.79 Å². The second kappa shape index (κ2) is 6.07.